The van der Waals surface area contributed by atoms with Gasteiger partial charge in [-0.2, -0.15) is 0 Å². The van der Waals surface area contributed by atoms with Crippen molar-refractivity contribution in [3.8, 4) is 0 Å². The molecule has 0 aromatic carbocycles. The maximum absolute atomic E-state index is 12.2. The Balaban J connectivity index is 2.28. The molecular formula is C14H16N4O4S. The Morgan fingerprint density at radius 1 is 1.35 bits per heavy atom. The number of primary amides is 1. The van der Waals surface area contributed by atoms with E-state index in [1.165, 1.54) is 6.92 Å². The molecule has 0 saturated heterocycles. The standard InChI is InChI=1S/C14H16N4O4S/c1-5-4-6(2)17-12-8(5)9(15)10(23-12)13(20)22-7(3)11(19)18-14(16)21/h4,7H,15H2,1-3H3,(H3,16,18,19,21). The molecule has 122 valence electrons. The number of amides is 3. The number of carbonyl (C=O) groups excluding carboxylic acids is 3. The van der Waals surface area contributed by atoms with Crippen LogP contribution >= 0.6 is 11.3 Å². The van der Waals surface area contributed by atoms with Gasteiger partial charge in [-0.1, -0.05) is 0 Å². The molecule has 5 N–H and O–H groups in total. The molecule has 2 heterocycles. The lowest BCUT2D eigenvalue weighted by Gasteiger charge is -2.11. The molecule has 2 aromatic rings. The molecule has 0 radical (unpaired) electrons. The zero-order valence-corrected chi connectivity index (χ0v) is 13.6. The van der Waals surface area contributed by atoms with Crippen LogP contribution in [-0.2, 0) is 9.53 Å². The lowest BCUT2D eigenvalue weighted by atomic mass is 10.1. The van der Waals surface area contributed by atoms with Crippen LogP contribution in [0.3, 0.4) is 0 Å². The third-order valence-electron chi connectivity index (χ3n) is 3.11. The van der Waals surface area contributed by atoms with Crippen LogP contribution in [0.25, 0.3) is 10.2 Å². The Morgan fingerprint density at radius 3 is 2.61 bits per heavy atom. The highest BCUT2D eigenvalue weighted by Crippen LogP contribution is 2.35. The number of nitrogen functional groups attached to an aromatic ring is 1. The predicted molar refractivity (Wildman–Crippen MR) is 86.1 cm³/mol. The predicted octanol–water partition coefficient (Wildman–Crippen LogP) is 1.24. The minimum atomic E-state index is -1.18. The van der Waals surface area contributed by atoms with Crippen LogP contribution in [0.5, 0.6) is 0 Å². The third kappa shape index (κ3) is 3.39. The summed E-state index contributed by atoms with van der Waals surface area (Å²) in [6.45, 7) is 5.04. The summed E-state index contributed by atoms with van der Waals surface area (Å²) >= 11 is 1.09. The van der Waals surface area contributed by atoms with Crippen molar-refractivity contribution < 1.29 is 19.1 Å². The van der Waals surface area contributed by atoms with Gasteiger partial charge < -0.3 is 16.2 Å². The number of ether oxygens (including phenoxy) is 1. The first kappa shape index (κ1) is 16.7. The van der Waals surface area contributed by atoms with Crippen LogP contribution in [-0.4, -0.2) is 29.0 Å². The van der Waals surface area contributed by atoms with Crippen molar-refractivity contribution >= 4 is 45.1 Å². The quantitative estimate of drug-likeness (QED) is 0.721. The van der Waals surface area contributed by atoms with E-state index in [0.717, 1.165) is 22.6 Å². The number of pyridine rings is 1. The maximum atomic E-state index is 12.2. The van der Waals surface area contributed by atoms with Gasteiger partial charge in [-0.05, 0) is 32.4 Å². The van der Waals surface area contributed by atoms with E-state index in [1.54, 1.807) is 0 Å². The van der Waals surface area contributed by atoms with Crippen LogP contribution in [0.4, 0.5) is 10.5 Å². The van der Waals surface area contributed by atoms with Gasteiger partial charge in [-0.3, -0.25) is 10.1 Å². The molecule has 0 spiro atoms. The summed E-state index contributed by atoms with van der Waals surface area (Å²) in [6.07, 6.45) is -1.18. The highest BCUT2D eigenvalue weighted by Gasteiger charge is 2.24. The number of carbonyl (C=O) groups is 3. The Hall–Kier alpha value is -2.68. The topological polar surface area (TPSA) is 137 Å². The number of aromatic nitrogens is 1. The fourth-order valence-corrected chi connectivity index (χ4v) is 3.21. The normalized spacial score (nSPS) is 12.0. The van der Waals surface area contributed by atoms with E-state index in [9.17, 15) is 14.4 Å². The van der Waals surface area contributed by atoms with Crippen molar-refractivity contribution in [3.05, 3.63) is 22.2 Å². The lowest BCUT2D eigenvalue weighted by Crippen LogP contribution is -2.42. The van der Waals surface area contributed by atoms with Gasteiger partial charge in [0.25, 0.3) is 5.91 Å². The monoisotopic (exact) mass is 336 g/mol. The van der Waals surface area contributed by atoms with Crippen molar-refractivity contribution in [2.45, 2.75) is 26.9 Å². The Labute approximate surface area is 135 Å². The van der Waals surface area contributed by atoms with E-state index in [0.29, 0.717) is 10.2 Å². The Bertz CT molecular complexity index is 815. The zero-order valence-electron chi connectivity index (χ0n) is 12.8. The van der Waals surface area contributed by atoms with Gasteiger partial charge in [-0.15, -0.1) is 11.3 Å². The molecule has 0 aliphatic carbocycles. The fraction of sp³-hybridized carbons (Fsp3) is 0.286. The van der Waals surface area contributed by atoms with Crippen molar-refractivity contribution in [2.75, 3.05) is 5.73 Å². The van der Waals surface area contributed by atoms with Crippen LogP contribution in [0.15, 0.2) is 6.07 Å². The minimum absolute atomic E-state index is 0.167. The summed E-state index contributed by atoms with van der Waals surface area (Å²) < 4.78 is 5.02. The molecule has 1 unspecified atom stereocenters. The van der Waals surface area contributed by atoms with E-state index in [4.69, 9.17) is 16.2 Å². The van der Waals surface area contributed by atoms with E-state index in [-0.39, 0.29) is 10.6 Å². The van der Waals surface area contributed by atoms with Gasteiger partial charge >= 0.3 is 12.0 Å². The highest BCUT2D eigenvalue weighted by molar-refractivity contribution is 7.21. The first-order chi connectivity index (χ1) is 10.7. The minimum Gasteiger partial charge on any atom is -0.448 e. The Morgan fingerprint density at radius 2 is 2.00 bits per heavy atom. The summed E-state index contributed by atoms with van der Waals surface area (Å²) in [5.74, 6) is -1.56. The number of nitrogens with two attached hydrogens (primary N) is 2. The van der Waals surface area contributed by atoms with Gasteiger partial charge in [0.2, 0.25) is 0 Å². The molecule has 2 aromatic heterocycles. The number of hydrogen-bond acceptors (Lipinski definition) is 7. The molecule has 9 heteroatoms. The molecule has 8 nitrogen and oxygen atoms in total. The SMILES string of the molecule is Cc1cc(C)c2c(N)c(C(=O)OC(C)C(=O)NC(N)=O)sc2n1. The van der Waals surface area contributed by atoms with Crippen molar-refractivity contribution in [2.24, 2.45) is 5.73 Å². The lowest BCUT2D eigenvalue weighted by molar-refractivity contribution is -0.127. The molecule has 0 fully saturated rings. The van der Waals surface area contributed by atoms with Crippen molar-refractivity contribution in [1.82, 2.24) is 10.3 Å². The first-order valence-corrected chi connectivity index (χ1v) is 7.49. The number of nitrogens with zero attached hydrogens (tertiary/aromatic N) is 1. The van der Waals surface area contributed by atoms with Gasteiger partial charge in [0.05, 0.1) is 5.69 Å². The first-order valence-electron chi connectivity index (χ1n) is 6.68. The number of nitrogens with one attached hydrogen (secondary N) is 1. The summed E-state index contributed by atoms with van der Waals surface area (Å²) in [7, 11) is 0. The highest BCUT2D eigenvalue weighted by atomic mass is 32.1. The number of hydrogen-bond donors (Lipinski definition) is 3. The Kier molecular flexibility index (Phi) is 4.50. The van der Waals surface area contributed by atoms with Gasteiger partial charge in [0, 0.05) is 11.1 Å². The fourth-order valence-electron chi connectivity index (χ4n) is 2.11. The maximum Gasteiger partial charge on any atom is 0.351 e. The van der Waals surface area contributed by atoms with Crippen molar-refractivity contribution in [1.29, 1.82) is 0 Å². The van der Waals surface area contributed by atoms with E-state index < -0.39 is 24.0 Å². The molecule has 0 aliphatic heterocycles. The molecule has 0 aliphatic rings. The molecule has 1 atom stereocenters. The van der Waals surface area contributed by atoms with Crippen molar-refractivity contribution in [3.63, 3.8) is 0 Å². The number of fused-ring (bicyclic) bond motifs is 1. The molecule has 0 bridgehead atoms. The number of rotatable bonds is 3. The summed E-state index contributed by atoms with van der Waals surface area (Å²) in [5, 5.41) is 2.54. The van der Waals surface area contributed by atoms with Gasteiger partial charge in [-0.25, -0.2) is 14.6 Å². The second kappa shape index (κ2) is 6.21. The number of anilines is 1. The number of esters is 1. The van der Waals surface area contributed by atoms with E-state index in [1.807, 2.05) is 25.2 Å². The average molecular weight is 336 g/mol. The average Bonchev–Trinajstić information content (AvgIpc) is 2.74. The number of urea groups is 1. The summed E-state index contributed by atoms with van der Waals surface area (Å²) in [6, 6.07) is 0.846. The van der Waals surface area contributed by atoms with Crippen LogP contribution in [0, 0.1) is 13.8 Å². The largest absolute Gasteiger partial charge is 0.448 e. The second-order valence-corrected chi connectivity index (χ2v) is 6.01. The number of thiophene rings is 1. The number of imide groups is 1. The summed E-state index contributed by atoms with van der Waals surface area (Å²) in [5.41, 5.74) is 12.8. The smallest absolute Gasteiger partial charge is 0.351 e. The molecule has 3 amide bonds. The van der Waals surface area contributed by atoms with Crippen LogP contribution < -0.4 is 16.8 Å². The summed E-state index contributed by atoms with van der Waals surface area (Å²) in [4.78, 5) is 39.5. The molecule has 2 rings (SSSR count). The third-order valence-corrected chi connectivity index (χ3v) is 4.19. The molecule has 0 saturated carbocycles. The van der Waals surface area contributed by atoms with E-state index >= 15 is 0 Å². The molecule has 23 heavy (non-hydrogen) atoms. The van der Waals surface area contributed by atoms with Crippen LogP contribution in [0.2, 0.25) is 0 Å². The van der Waals surface area contributed by atoms with Gasteiger partial charge in [0.15, 0.2) is 6.10 Å². The van der Waals surface area contributed by atoms with E-state index in [2.05, 4.69) is 4.98 Å². The van der Waals surface area contributed by atoms with Crippen LogP contribution in [0.1, 0.15) is 27.9 Å². The number of aryl methyl sites for hydroxylation is 2. The zero-order chi connectivity index (χ0) is 17.3. The molecular weight excluding hydrogens is 320 g/mol. The second-order valence-electron chi connectivity index (χ2n) is 5.01. The van der Waals surface area contributed by atoms with Gasteiger partial charge in [0.1, 0.15) is 9.71 Å².